The summed E-state index contributed by atoms with van der Waals surface area (Å²) in [5, 5.41) is 21.6. The van der Waals surface area contributed by atoms with Gasteiger partial charge < -0.3 is 5.11 Å². The average Bonchev–Trinajstić information content (AvgIpc) is 3.46. The Morgan fingerprint density at radius 3 is 1.76 bits per heavy atom. The zero-order valence-corrected chi connectivity index (χ0v) is 29.9. The Bertz CT molecular complexity index is 2200. The number of carbonyl (C=O) groups excluding carboxylic acids is 1. The Hall–Kier alpha value is -2.51. The van der Waals surface area contributed by atoms with Crippen LogP contribution in [0.3, 0.4) is 0 Å². The zero-order chi connectivity index (χ0) is 33.8. The van der Waals surface area contributed by atoms with Crippen molar-refractivity contribution in [2.24, 2.45) is 14.1 Å². The molecule has 4 heterocycles. The van der Waals surface area contributed by atoms with E-state index in [-0.39, 0.29) is 42.6 Å². The van der Waals surface area contributed by atoms with E-state index >= 15 is 0 Å². The van der Waals surface area contributed by atoms with Crippen molar-refractivity contribution in [2.75, 3.05) is 0 Å². The number of nitrogens with zero attached hydrogens (tertiary/aromatic N) is 8. The Morgan fingerprint density at radius 2 is 1.17 bits per heavy atom. The highest BCUT2D eigenvalue weighted by atomic mass is 35.5. The zero-order valence-electron chi connectivity index (χ0n) is 23.8. The van der Waals surface area contributed by atoms with Crippen LogP contribution in [-0.4, -0.2) is 50.4 Å². The molecule has 10 nitrogen and oxygen atoms in total. The molecule has 1 atom stereocenters. The molecule has 6 rings (SSSR count). The molecule has 0 saturated heterocycles. The lowest BCUT2D eigenvalue weighted by atomic mass is 10.0. The van der Waals surface area contributed by atoms with Crippen LogP contribution >= 0.6 is 92.8 Å². The van der Waals surface area contributed by atoms with Gasteiger partial charge in [-0.15, -0.1) is 0 Å². The quantitative estimate of drug-likeness (QED) is 0.176. The lowest BCUT2D eigenvalue weighted by Crippen LogP contribution is -2.08. The summed E-state index contributed by atoms with van der Waals surface area (Å²) in [5.41, 5.74) is 2.85. The fourth-order valence-corrected chi connectivity index (χ4v) is 6.42. The van der Waals surface area contributed by atoms with Crippen LogP contribution in [-0.2, 0) is 14.1 Å². The number of aromatic nitrogens is 8. The van der Waals surface area contributed by atoms with Gasteiger partial charge in [-0.25, -0.2) is 19.9 Å². The van der Waals surface area contributed by atoms with Crippen LogP contribution in [0.5, 0.6) is 0 Å². The third kappa shape index (κ3) is 6.35. The predicted octanol–water partition coefficient (Wildman–Crippen LogP) is 8.88. The topological polar surface area (TPSA) is 125 Å². The van der Waals surface area contributed by atoms with Gasteiger partial charge in [-0.3, -0.25) is 14.2 Å². The van der Waals surface area contributed by atoms with Crippen LogP contribution in [0.25, 0.3) is 21.8 Å². The maximum atomic E-state index is 12.7. The van der Waals surface area contributed by atoms with Crippen LogP contribution in [0.4, 0.5) is 0 Å². The standard InChI is InChI=1S/C14H10Cl4N4O.C14H8Cl4N4O/c2*1-5-12(16)20-13(17)10(19-5)11(23)6-3-4-7-8(9(6)15)14(18)22(2)21-7/h3-4,11,23H,1-2H3;3-4H,1-2H3. The van der Waals surface area contributed by atoms with Gasteiger partial charge in [0.25, 0.3) is 0 Å². The molecule has 2 aromatic carbocycles. The third-order valence-corrected chi connectivity index (χ3v) is 9.67. The molecule has 6 aromatic rings. The fourth-order valence-electron chi connectivity index (χ4n) is 4.40. The number of aliphatic hydroxyl groups is 1. The van der Waals surface area contributed by atoms with Crippen molar-refractivity contribution in [1.29, 1.82) is 0 Å². The number of ketones is 1. The van der Waals surface area contributed by atoms with Crippen molar-refractivity contribution in [3.63, 3.8) is 0 Å². The number of aryl methyl sites for hydroxylation is 4. The number of hydrogen-bond acceptors (Lipinski definition) is 8. The molecular weight excluding hydrogens is 764 g/mol. The lowest BCUT2D eigenvalue weighted by Gasteiger charge is -2.14. The minimum Gasteiger partial charge on any atom is -0.382 e. The summed E-state index contributed by atoms with van der Waals surface area (Å²) in [5.74, 6) is -0.464. The van der Waals surface area contributed by atoms with E-state index < -0.39 is 11.9 Å². The molecule has 0 saturated carbocycles. The van der Waals surface area contributed by atoms with Gasteiger partial charge in [-0.05, 0) is 32.0 Å². The average molecular weight is 782 g/mol. The molecule has 0 aliphatic rings. The van der Waals surface area contributed by atoms with Crippen LogP contribution in [0, 0.1) is 13.8 Å². The molecule has 0 spiro atoms. The van der Waals surface area contributed by atoms with Crippen LogP contribution < -0.4 is 0 Å². The minimum absolute atomic E-state index is 0.0153. The molecule has 0 amide bonds. The molecule has 18 heteroatoms. The summed E-state index contributed by atoms with van der Waals surface area (Å²) >= 11 is 48.9. The highest BCUT2D eigenvalue weighted by Gasteiger charge is 2.25. The van der Waals surface area contributed by atoms with Gasteiger partial charge in [0, 0.05) is 25.2 Å². The first-order valence-corrected chi connectivity index (χ1v) is 15.9. The number of fused-ring (bicyclic) bond motifs is 2. The Labute approximate surface area is 301 Å². The van der Waals surface area contributed by atoms with E-state index in [1.807, 2.05) is 0 Å². The van der Waals surface area contributed by atoms with Gasteiger partial charge in [0.15, 0.2) is 20.6 Å². The van der Waals surface area contributed by atoms with E-state index in [0.29, 0.717) is 54.1 Å². The molecule has 238 valence electrons. The Balaban J connectivity index is 0.000000181. The van der Waals surface area contributed by atoms with E-state index in [0.717, 1.165) is 0 Å². The van der Waals surface area contributed by atoms with Gasteiger partial charge in [-0.2, -0.15) is 10.2 Å². The van der Waals surface area contributed by atoms with E-state index in [1.54, 1.807) is 52.2 Å². The molecule has 46 heavy (non-hydrogen) atoms. The summed E-state index contributed by atoms with van der Waals surface area (Å²) in [6, 6.07) is 6.58. The molecule has 1 unspecified atom stereocenters. The Morgan fingerprint density at radius 1 is 0.674 bits per heavy atom. The number of rotatable bonds is 4. The second-order valence-corrected chi connectivity index (χ2v) is 12.7. The number of carbonyl (C=O) groups is 1. The van der Waals surface area contributed by atoms with E-state index in [1.165, 1.54) is 9.36 Å². The molecule has 1 N–H and O–H groups in total. The SMILES string of the molecule is Cc1nc(C(=O)c2ccc3nn(C)c(Cl)c3c2Cl)c(Cl)nc1Cl.Cc1nc(C(O)c2ccc3nn(C)c(Cl)c3c2Cl)c(Cl)nc1Cl. The van der Waals surface area contributed by atoms with Crippen LogP contribution in [0.1, 0.15) is 44.8 Å². The largest absolute Gasteiger partial charge is 0.382 e. The van der Waals surface area contributed by atoms with Gasteiger partial charge in [0.1, 0.15) is 27.8 Å². The summed E-state index contributed by atoms with van der Waals surface area (Å²) in [4.78, 5) is 28.9. The smallest absolute Gasteiger partial charge is 0.216 e. The lowest BCUT2D eigenvalue weighted by molar-refractivity contribution is 0.103. The van der Waals surface area contributed by atoms with Crippen molar-refractivity contribution in [3.05, 3.63) is 99.1 Å². The van der Waals surface area contributed by atoms with Crippen molar-refractivity contribution in [1.82, 2.24) is 39.5 Å². The molecule has 0 fully saturated rings. The van der Waals surface area contributed by atoms with Crippen molar-refractivity contribution in [3.8, 4) is 0 Å². The molecule has 0 aliphatic carbocycles. The molecule has 0 bridgehead atoms. The fraction of sp³-hybridized carbons (Fsp3) is 0.179. The second kappa shape index (κ2) is 13.5. The molecule has 0 aliphatic heterocycles. The number of aliphatic hydroxyl groups excluding tert-OH is 1. The molecule has 0 radical (unpaired) electrons. The van der Waals surface area contributed by atoms with E-state index in [2.05, 4.69) is 30.1 Å². The number of halogens is 8. The van der Waals surface area contributed by atoms with Crippen LogP contribution in [0.2, 0.25) is 41.0 Å². The van der Waals surface area contributed by atoms with Gasteiger partial charge in [-0.1, -0.05) is 98.9 Å². The monoisotopic (exact) mass is 778 g/mol. The van der Waals surface area contributed by atoms with Crippen LogP contribution in [0.15, 0.2) is 24.3 Å². The van der Waals surface area contributed by atoms with Gasteiger partial charge >= 0.3 is 0 Å². The first-order valence-electron chi connectivity index (χ1n) is 12.9. The number of benzene rings is 2. The van der Waals surface area contributed by atoms with Gasteiger partial charge in [0.05, 0.1) is 43.2 Å². The summed E-state index contributed by atoms with van der Waals surface area (Å²) in [6.45, 7) is 3.30. The summed E-state index contributed by atoms with van der Waals surface area (Å²) in [6.07, 6.45) is -1.17. The minimum atomic E-state index is -1.17. The van der Waals surface area contributed by atoms with E-state index in [9.17, 15) is 9.90 Å². The first-order chi connectivity index (χ1) is 21.6. The maximum Gasteiger partial charge on any atom is 0.216 e. The second-order valence-electron chi connectivity index (χ2n) is 9.76. The first kappa shape index (κ1) is 34.8. The van der Waals surface area contributed by atoms with Crippen molar-refractivity contribution >= 4 is 120 Å². The summed E-state index contributed by atoms with van der Waals surface area (Å²) in [7, 11) is 3.39. The molecule has 4 aromatic heterocycles. The van der Waals surface area contributed by atoms with Crippen molar-refractivity contribution < 1.29 is 9.90 Å². The predicted molar refractivity (Wildman–Crippen MR) is 183 cm³/mol. The third-order valence-electron chi connectivity index (χ3n) is 6.74. The van der Waals surface area contributed by atoms with Gasteiger partial charge in [0.2, 0.25) is 5.78 Å². The Kier molecular flexibility index (Phi) is 10.2. The highest BCUT2D eigenvalue weighted by molar-refractivity contribution is 6.45. The normalized spacial score (nSPS) is 12.0. The number of hydrogen-bond donors (Lipinski definition) is 1. The van der Waals surface area contributed by atoms with Crippen molar-refractivity contribution in [2.45, 2.75) is 20.0 Å². The molecular formula is C28H18Cl8N8O2. The highest BCUT2D eigenvalue weighted by Crippen LogP contribution is 2.38. The maximum absolute atomic E-state index is 12.7. The summed E-state index contributed by atoms with van der Waals surface area (Å²) < 4.78 is 2.99. The van der Waals surface area contributed by atoms with E-state index in [4.69, 9.17) is 92.8 Å².